The van der Waals surface area contributed by atoms with E-state index in [1.54, 1.807) is 0 Å². The Balaban J connectivity index is 2.11. The molecule has 76 valence electrons. The van der Waals surface area contributed by atoms with Crippen LogP contribution in [0.2, 0.25) is 0 Å². The van der Waals surface area contributed by atoms with E-state index in [1.807, 2.05) is 5.38 Å². The number of carbonyl (C=O) groups excluding carboxylic acids is 1. The van der Waals surface area contributed by atoms with Gasteiger partial charge in [-0.3, -0.25) is 4.79 Å². The number of piperidine rings is 1. The summed E-state index contributed by atoms with van der Waals surface area (Å²) in [4.78, 5) is 17.3. The average molecular weight is 211 g/mol. The maximum atomic E-state index is 10.8. The lowest BCUT2D eigenvalue weighted by atomic mass is 10.1. The summed E-state index contributed by atoms with van der Waals surface area (Å²) >= 11 is 1.32. The van der Waals surface area contributed by atoms with Crippen molar-refractivity contribution in [3.8, 4) is 0 Å². The van der Waals surface area contributed by atoms with Gasteiger partial charge in [-0.2, -0.15) is 0 Å². The van der Waals surface area contributed by atoms with E-state index in [0.29, 0.717) is 5.01 Å². The van der Waals surface area contributed by atoms with Crippen molar-refractivity contribution in [3.05, 3.63) is 10.4 Å². The zero-order chi connectivity index (χ0) is 9.97. The number of nitrogens with two attached hydrogens (primary N) is 1. The molecule has 1 fully saturated rings. The van der Waals surface area contributed by atoms with E-state index in [2.05, 4.69) is 9.88 Å². The molecule has 14 heavy (non-hydrogen) atoms. The Bertz CT molecular complexity index is 331. The van der Waals surface area contributed by atoms with Crippen LogP contribution < -0.4 is 10.6 Å². The van der Waals surface area contributed by atoms with Crippen LogP contribution in [0, 0.1) is 0 Å². The minimum atomic E-state index is -0.432. The van der Waals surface area contributed by atoms with Gasteiger partial charge in [0.05, 0.1) is 0 Å². The minimum absolute atomic E-state index is 0.408. The molecule has 1 aliphatic rings. The van der Waals surface area contributed by atoms with E-state index in [-0.39, 0.29) is 0 Å². The molecular weight excluding hydrogens is 198 g/mol. The van der Waals surface area contributed by atoms with Gasteiger partial charge in [0.25, 0.3) is 5.91 Å². The van der Waals surface area contributed by atoms with Crippen LogP contribution in [0.5, 0.6) is 0 Å². The minimum Gasteiger partial charge on any atom is -0.364 e. The van der Waals surface area contributed by atoms with Crippen LogP contribution in [0.3, 0.4) is 0 Å². The first-order chi connectivity index (χ1) is 6.77. The third kappa shape index (κ3) is 1.87. The molecule has 1 saturated heterocycles. The van der Waals surface area contributed by atoms with Crippen molar-refractivity contribution in [3.63, 3.8) is 0 Å². The fraction of sp³-hybridized carbons (Fsp3) is 0.556. The second-order valence-electron chi connectivity index (χ2n) is 3.42. The topological polar surface area (TPSA) is 59.2 Å². The number of hydrogen-bond donors (Lipinski definition) is 1. The van der Waals surface area contributed by atoms with Gasteiger partial charge >= 0.3 is 0 Å². The zero-order valence-electron chi connectivity index (χ0n) is 7.90. The quantitative estimate of drug-likeness (QED) is 0.800. The van der Waals surface area contributed by atoms with Crippen LogP contribution >= 0.6 is 11.3 Å². The maximum absolute atomic E-state index is 10.8. The predicted octanol–water partition coefficient (Wildman–Crippen LogP) is 1.23. The molecule has 0 aliphatic carbocycles. The van der Waals surface area contributed by atoms with Gasteiger partial charge in [-0.25, -0.2) is 4.98 Å². The summed E-state index contributed by atoms with van der Waals surface area (Å²) in [6.07, 6.45) is 3.72. The van der Waals surface area contributed by atoms with Gasteiger partial charge in [0.2, 0.25) is 0 Å². The number of hydrogen-bond acceptors (Lipinski definition) is 4. The van der Waals surface area contributed by atoms with E-state index in [0.717, 1.165) is 18.9 Å². The lowest BCUT2D eigenvalue weighted by Crippen LogP contribution is -2.29. The first-order valence-corrected chi connectivity index (χ1v) is 5.65. The third-order valence-electron chi connectivity index (χ3n) is 2.38. The smallest absolute Gasteiger partial charge is 0.277 e. The van der Waals surface area contributed by atoms with E-state index in [1.165, 1.54) is 30.6 Å². The predicted molar refractivity (Wildman–Crippen MR) is 56.7 cm³/mol. The Morgan fingerprint density at radius 1 is 1.43 bits per heavy atom. The Morgan fingerprint density at radius 2 is 2.14 bits per heavy atom. The highest BCUT2D eigenvalue weighted by Gasteiger charge is 2.15. The number of rotatable bonds is 2. The summed E-state index contributed by atoms with van der Waals surface area (Å²) in [5.41, 5.74) is 5.15. The van der Waals surface area contributed by atoms with Crippen molar-refractivity contribution >= 4 is 23.1 Å². The molecule has 1 aliphatic heterocycles. The van der Waals surface area contributed by atoms with Crippen molar-refractivity contribution in [2.45, 2.75) is 19.3 Å². The van der Waals surface area contributed by atoms with Crippen LogP contribution in [-0.4, -0.2) is 24.0 Å². The van der Waals surface area contributed by atoms with Gasteiger partial charge in [0.1, 0.15) is 5.82 Å². The first-order valence-electron chi connectivity index (χ1n) is 4.77. The molecule has 2 rings (SSSR count). The lowest BCUT2D eigenvalue weighted by Gasteiger charge is -2.26. The summed E-state index contributed by atoms with van der Waals surface area (Å²) in [5, 5.41) is 2.32. The third-order valence-corrected chi connectivity index (χ3v) is 3.23. The number of carbonyl (C=O) groups is 1. The second-order valence-corrected chi connectivity index (χ2v) is 4.28. The van der Waals surface area contributed by atoms with Gasteiger partial charge in [-0.05, 0) is 19.3 Å². The molecule has 0 bridgehead atoms. The SMILES string of the molecule is NC(=O)c1nc(N2CCCCC2)cs1. The molecule has 2 N–H and O–H groups in total. The van der Waals surface area contributed by atoms with Gasteiger partial charge in [0.15, 0.2) is 5.01 Å². The zero-order valence-corrected chi connectivity index (χ0v) is 8.72. The van der Waals surface area contributed by atoms with Crippen molar-refractivity contribution in [1.82, 2.24) is 4.98 Å². The molecule has 1 aromatic heterocycles. The molecule has 4 nitrogen and oxygen atoms in total. The average Bonchev–Trinajstić information content (AvgIpc) is 2.68. The number of aromatic nitrogens is 1. The van der Waals surface area contributed by atoms with Crippen molar-refractivity contribution in [2.75, 3.05) is 18.0 Å². The van der Waals surface area contributed by atoms with Gasteiger partial charge in [-0.1, -0.05) is 0 Å². The largest absolute Gasteiger partial charge is 0.364 e. The van der Waals surface area contributed by atoms with Crippen molar-refractivity contribution in [2.24, 2.45) is 5.73 Å². The van der Waals surface area contributed by atoms with Crippen LogP contribution in [0.1, 0.15) is 29.1 Å². The van der Waals surface area contributed by atoms with Gasteiger partial charge in [-0.15, -0.1) is 11.3 Å². The molecule has 0 spiro atoms. The molecule has 2 heterocycles. The summed E-state index contributed by atoms with van der Waals surface area (Å²) in [7, 11) is 0. The molecule has 0 saturated carbocycles. The Morgan fingerprint density at radius 3 is 2.71 bits per heavy atom. The highest BCUT2D eigenvalue weighted by Crippen LogP contribution is 2.21. The van der Waals surface area contributed by atoms with Crippen LogP contribution in [0.4, 0.5) is 5.82 Å². The number of nitrogens with zero attached hydrogens (tertiary/aromatic N) is 2. The Kier molecular flexibility index (Phi) is 2.67. The van der Waals surface area contributed by atoms with E-state index >= 15 is 0 Å². The standard InChI is InChI=1S/C9H13N3OS/c10-8(13)9-11-7(6-14-9)12-4-2-1-3-5-12/h6H,1-5H2,(H2,10,13). The summed E-state index contributed by atoms with van der Waals surface area (Å²) < 4.78 is 0. The van der Waals surface area contributed by atoms with Gasteiger partial charge < -0.3 is 10.6 Å². The molecule has 1 aromatic rings. The number of primary amides is 1. The number of anilines is 1. The highest BCUT2D eigenvalue weighted by molar-refractivity contribution is 7.12. The van der Waals surface area contributed by atoms with Crippen LogP contribution in [0.25, 0.3) is 0 Å². The fourth-order valence-electron chi connectivity index (χ4n) is 1.65. The summed E-state index contributed by atoms with van der Waals surface area (Å²) in [5.74, 6) is 0.474. The fourth-order valence-corrected chi connectivity index (χ4v) is 2.33. The molecule has 0 unspecified atom stereocenters. The molecule has 0 radical (unpaired) electrons. The first kappa shape index (κ1) is 9.45. The van der Waals surface area contributed by atoms with Crippen molar-refractivity contribution in [1.29, 1.82) is 0 Å². The summed E-state index contributed by atoms with van der Waals surface area (Å²) in [6, 6.07) is 0. The maximum Gasteiger partial charge on any atom is 0.277 e. The number of thiazole rings is 1. The Hall–Kier alpha value is -1.10. The molecule has 5 heteroatoms. The van der Waals surface area contributed by atoms with E-state index in [4.69, 9.17) is 5.73 Å². The van der Waals surface area contributed by atoms with E-state index < -0.39 is 5.91 Å². The lowest BCUT2D eigenvalue weighted by molar-refractivity contribution is 0.1000. The summed E-state index contributed by atoms with van der Waals surface area (Å²) in [6.45, 7) is 2.09. The number of amides is 1. The molecule has 0 atom stereocenters. The van der Waals surface area contributed by atoms with E-state index in [9.17, 15) is 4.79 Å². The van der Waals surface area contributed by atoms with Crippen molar-refractivity contribution < 1.29 is 4.79 Å². The Labute approximate surface area is 86.7 Å². The molecular formula is C9H13N3OS. The molecule has 1 amide bonds. The van der Waals surface area contributed by atoms with Crippen LogP contribution in [0.15, 0.2) is 5.38 Å². The second kappa shape index (κ2) is 3.96. The van der Waals surface area contributed by atoms with Crippen LogP contribution in [-0.2, 0) is 0 Å². The highest BCUT2D eigenvalue weighted by atomic mass is 32.1. The monoisotopic (exact) mass is 211 g/mol. The van der Waals surface area contributed by atoms with Gasteiger partial charge in [0, 0.05) is 18.5 Å². The normalized spacial score (nSPS) is 17.0. The molecule has 0 aromatic carbocycles.